The molecule has 0 aliphatic heterocycles. The summed E-state index contributed by atoms with van der Waals surface area (Å²) in [5.74, 6) is 0.0102. The van der Waals surface area contributed by atoms with Gasteiger partial charge in [0.25, 0.3) is 5.91 Å². The molecule has 0 fully saturated rings. The number of para-hydroxylation sites is 1. The summed E-state index contributed by atoms with van der Waals surface area (Å²) in [6.07, 6.45) is 4.66. The summed E-state index contributed by atoms with van der Waals surface area (Å²) < 4.78 is 5.20. The van der Waals surface area contributed by atoms with Crippen molar-refractivity contribution in [3.8, 4) is 0 Å². The molecule has 2 amide bonds. The molecule has 3 N–H and O–H groups in total. The summed E-state index contributed by atoms with van der Waals surface area (Å²) in [5, 5.41) is 10.3. The lowest BCUT2D eigenvalue weighted by molar-refractivity contribution is -0.115. The predicted octanol–water partition coefficient (Wildman–Crippen LogP) is 3.80. The first-order valence-corrected chi connectivity index (χ1v) is 9.64. The van der Waals surface area contributed by atoms with Crippen LogP contribution in [0.25, 0.3) is 6.08 Å². The van der Waals surface area contributed by atoms with Gasteiger partial charge >= 0.3 is 0 Å². The van der Waals surface area contributed by atoms with Crippen LogP contribution in [0.4, 0.5) is 5.69 Å². The highest BCUT2D eigenvalue weighted by atomic mass is 32.1. The van der Waals surface area contributed by atoms with Crippen LogP contribution >= 0.6 is 23.6 Å². The number of amides is 2. The van der Waals surface area contributed by atoms with Gasteiger partial charge in [0.05, 0.1) is 24.1 Å². The van der Waals surface area contributed by atoms with E-state index in [1.54, 1.807) is 48.7 Å². The zero-order chi connectivity index (χ0) is 19.8. The van der Waals surface area contributed by atoms with Gasteiger partial charge in [0.2, 0.25) is 5.91 Å². The van der Waals surface area contributed by atoms with Gasteiger partial charge in [0.1, 0.15) is 5.76 Å². The van der Waals surface area contributed by atoms with Crippen molar-refractivity contribution in [3.63, 3.8) is 0 Å². The Labute approximate surface area is 171 Å². The quantitative estimate of drug-likeness (QED) is 0.425. The highest BCUT2D eigenvalue weighted by molar-refractivity contribution is 7.80. The predicted molar refractivity (Wildman–Crippen MR) is 114 cm³/mol. The molecule has 2 heterocycles. The van der Waals surface area contributed by atoms with Gasteiger partial charge in [-0.2, -0.15) is 0 Å². The third-order valence-corrected chi connectivity index (χ3v) is 4.64. The number of anilines is 1. The smallest absolute Gasteiger partial charge is 0.253 e. The number of thiocarbonyl (C=S) groups is 1. The van der Waals surface area contributed by atoms with Crippen molar-refractivity contribution in [2.45, 2.75) is 6.54 Å². The van der Waals surface area contributed by atoms with Gasteiger partial charge in [-0.25, -0.2) is 0 Å². The molecule has 0 bridgehead atoms. The van der Waals surface area contributed by atoms with Gasteiger partial charge < -0.3 is 15.1 Å². The average Bonchev–Trinajstić information content (AvgIpc) is 3.38. The van der Waals surface area contributed by atoms with Crippen LogP contribution in [0.2, 0.25) is 0 Å². The second-order valence-corrected chi connectivity index (χ2v) is 6.99. The van der Waals surface area contributed by atoms with Crippen LogP contribution in [0.5, 0.6) is 0 Å². The van der Waals surface area contributed by atoms with Crippen molar-refractivity contribution in [3.05, 3.63) is 82.5 Å². The lowest BCUT2D eigenvalue weighted by Gasteiger charge is -2.12. The Hall–Kier alpha value is -3.23. The van der Waals surface area contributed by atoms with Gasteiger partial charge in [0, 0.05) is 11.0 Å². The molecule has 0 aliphatic rings. The lowest BCUT2D eigenvalue weighted by Crippen LogP contribution is -2.33. The number of thiophene rings is 1. The molecular weight excluding hydrogens is 394 g/mol. The molecule has 0 radical (unpaired) electrons. The lowest BCUT2D eigenvalue weighted by atomic mass is 10.1. The Morgan fingerprint density at radius 1 is 1.11 bits per heavy atom. The van der Waals surface area contributed by atoms with E-state index < -0.39 is 0 Å². The van der Waals surface area contributed by atoms with Gasteiger partial charge in [-0.15, -0.1) is 11.3 Å². The Morgan fingerprint density at radius 3 is 2.71 bits per heavy atom. The summed E-state index contributed by atoms with van der Waals surface area (Å²) >= 11 is 6.71. The number of hydrogen-bond acceptors (Lipinski definition) is 5. The topological polar surface area (TPSA) is 83.4 Å². The van der Waals surface area contributed by atoms with Crippen LogP contribution in [0, 0.1) is 0 Å². The van der Waals surface area contributed by atoms with Crippen LogP contribution in [0.3, 0.4) is 0 Å². The van der Waals surface area contributed by atoms with Crippen molar-refractivity contribution in [1.82, 2.24) is 10.6 Å². The highest BCUT2D eigenvalue weighted by Crippen LogP contribution is 2.15. The molecule has 3 rings (SSSR count). The molecule has 28 heavy (non-hydrogen) atoms. The largest absolute Gasteiger partial charge is 0.467 e. The standard InChI is InChI=1S/C20H17N3O3S2/c24-18(10-9-15-6-4-12-28-15)23-20(27)22-17-8-2-1-7-16(17)19(25)21-13-14-5-3-11-26-14/h1-12H,13H2,(H,21,25)(H2,22,23,24,27)/b10-9+. The molecule has 8 heteroatoms. The average molecular weight is 412 g/mol. The molecule has 0 aliphatic carbocycles. The molecule has 0 spiro atoms. The second kappa shape index (κ2) is 9.63. The zero-order valence-corrected chi connectivity index (χ0v) is 16.3. The minimum atomic E-state index is -0.356. The maximum atomic E-state index is 12.5. The molecular formula is C20H17N3O3S2. The summed E-state index contributed by atoms with van der Waals surface area (Å²) in [7, 11) is 0. The van der Waals surface area contributed by atoms with E-state index in [1.807, 2.05) is 17.5 Å². The molecule has 0 unspecified atom stereocenters. The summed E-state index contributed by atoms with van der Waals surface area (Å²) in [6.45, 7) is 0.273. The summed E-state index contributed by atoms with van der Waals surface area (Å²) in [4.78, 5) is 25.4. The fourth-order valence-electron chi connectivity index (χ4n) is 2.32. The summed E-state index contributed by atoms with van der Waals surface area (Å²) in [6, 6.07) is 14.2. The fraction of sp³-hybridized carbons (Fsp3) is 0.0500. The number of benzene rings is 1. The van der Waals surface area contributed by atoms with Crippen LogP contribution in [-0.4, -0.2) is 16.9 Å². The third-order valence-electron chi connectivity index (χ3n) is 3.60. The zero-order valence-electron chi connectivity index (χ0n) is 14.7. The first-order chi connectivity index (χ1) is 13.6. The van der Waals surface area contributed by atoms with Crippen LogP contribution in [0.15, 0.2) is 70.7 Å². The molecule has 3 aromatic rings. The summed E-state index contributed by atoms with van der Waals surface area (Å²) in [5.41, 5.74) is 0.895. The minimum absolute atomic E-state index is 0.104. The van der Waals surface area contributed by atoms with Crippen LogP contribution < -0.4 is 16.0 Å². The first kappa shape index (κ1) is 19.5. The van der Waals surface area contributed by atoms with E-state index in [0.717, 1.165) is 4.88 Å². The van der Waals surface area contributed by atoms with E-state index in [0.29, 0.717) is 17.0 Å². The number of furan rings is 1. The molecule has 142 valence electrons. The molecule has 0 atom stereocenters. The normalized spacial score (nSPS) is 10.6. The number of carbonyl (C=O) groups is 2. The van der Waals surface area contributed by atoms with Crippen molar-refractivity contribution in [2.24, 2.45) is 0 Å². The van der Waals surface area contributed by atoms with E-state index in [-0.39, 0.29) is 23.5 Å². The molecule has 1 aromatic carbocycles. The molecule has 0 saturated carbocycles. The highest BCUT2D eigenvalue weighted by Gasteiger charge is 2.12. The van der Waals surface area contributed by atoms with E-state index in [4.69, 9.17) is 16.6 Å². The van der Waals surface area contributed by atoms with Crippen molar-refractivity contribution in [2.75, 3.05) is 5.32 Å². The van der Waals surface area contributed by atoms with Crippen LogP contribution in [-0.2, 0) is 11.3 Å². The SMILES string of the molecule is O=C(/C=C/c1cccs1)NC(=S)Nc1ccccc1C(=O)NCc1ccco1. The molecule has 2 aromatic heterocycles. The van der Waals surface area contributed by atoms with Crippen molar-refractivity contribution in [1.29, 1.82) is 0 Å². The number of nitrogens with one attached hydrogen (secondary N) is 3. The monoisotopic (exact) mass is 411 g/mol. The first-order valence-electron chi connectivity index (χ1n) is 8.35. The minimum Gasteiger partial charge on any atom is -0.467 e. The van der Waals surface area contributed by atoms with Crippen LogP contribution in [0.1, 0.15) is 21.0 Å². The van der Waals surface area contributed by atoms with Gasteiger partial charge in [-0.1, -0.05) is 18.2 Å². The maximum Gasteiger partial charge on any atom is 0.253 e. The molecule has 6 nitrogen and oxygen atoms in total. The van der Waals surface area contributed by atoms with Gasteiger partial charge in [-0.05, 0) is 54.0 Å². The molecule has 0 saturated heterocycles. The van der Waals surface area contributed by atoms with Crippen molar-refractivity contribution >= 4 is 52.2 Å². The number of rotatable bonds is 6. The Kier molecular flexibility index (Phi) is 6.72. The third kappa shape index (κ3) is 5.63. The van der Waals surface area contributed by atoms with E-state index in [9.17, 15) is 9.59 Å². The van der Waals surface area contributed by atoms with E-state index in [2.05, 4.69) is 16.0 Å². The Bertz CT molecular complexity index is 980. The Morgan fingerprint density at radius 2 is 1.96 bits per heavy atom. The Balaban J connectivity index is 1.58. The van der Waals surface area contributed by atoms with E-state index in [1.165, 1.54) is 17.4 Å². The van der Waals surface area contributed by atoms with Gasteiger partial charge in [-0.3, -0.25) is 14.9 Å². The maximum absolute atomic E-state index is 12.5. The second-order valence-electron chi connectivity index (χ2n) is 5.60. The van der Waals surface area contributed by atoms with Crippen molar-refractivity contribution < 1.29 is 14.0 Å². The van der Waals surface area contributed by atoms with E-state index >= 15 is 0 Å². The number of carbonyl (C=O) groups excluding carboxylic acids is 2. The van der Waals surface area contributed by atoms with Gasteiger partial charge in [0.15, 0.2) is 5.11 Å². The fourth-order valence-corrected chi connectivity index (χ4v) is 3.15. The number of hydrogen-bond donors (Lipinski definition) is 3.